The van der Waals surface area contributed by atoms with E-state index in [1.807, 2.05) is 40.8 Å². The maximum Gasteiger partial charge on any atom is 0.322 e. The van der Waals surface area contributed by atoms with Crippen molar-refractivity contribution in [3.63, 3.8) is 0 Å². The number of hydrogen-bond donors (Lipinski definition) is 1. The van der Waals surface area contributed by atoms with E-state index in [-0.39, 0.29) is 11.9 Å². The van der Waals surface area contributed by atoms with Crippen molar-refractivity contribution in [1.82, 2.24) is 19.6 Å². The molecule has 4 rings (SSSR count). The van der Waals surface area contributed by atoms with Gasteiger partial charge in [0.05, 0.1) is 29.7 Å². The van der Waals surface area contributed by atoms with Crippen LogP contribution in [0, 0.1) is 0 Å². The summed E-state index contributed by atoms with van der Waals surface area (Å²) in [5, 5.41) is 7.29. The van der Waals surface area contributed by atoms with E-state index in [9.17, 15) is 9.59 Å². The Morgan fingerprint density at radius 2 is 1.83 bits per heavy atom. The van der Waals surface area contributed by atoms with Crippen LogP contribution in [-0.2, 0) is 13.0 Å². The molecular weight excluding hydrogens is 370 g/mol. The zero-order valence-corrected chi connectivity index (χ0v) is 16.8. The molecule has 2 aliphatic rings. The summed E-state index contributed by atoms with van der Waals surface area (Å²) in [4.78, 5) is 29.2. The summed E-state index contributed by atoms with van der Waals surface area (Å²) in [6.07, 6.45) is 4.82. The average molecular weight is 397 g/mol. The highest BCUT2D eigenvalue weighted by Gasteiger charge is 2.28. The van der Waals surface area contributed by atoms with E-state index in [0.29, 0.717) is 49.8 Å². The van der Waals surface area contributed by atoms with Crippen LogP contribution < -0.4 is 10.1 Å². The van der Waals surface area contributed by atoms with Gasteiger partial charge in [0.2, 0.25) is 0 Å². The number of aromatic nitrogens is 2. The summed E-state index contributed by atoms with van der Waals surface area (Å²) in [5.41, 5.74) is 2.42. The predicted molar refractivity (Wildman–Crippen MR) is 109 cm³/mol. The molecule has 0 atom stereocenters. The smallest absolute Gasteiger partial charge is 0.322 e. The second-order valence-electron chi connectivity index (χ2n) is 7.32. The van der Waals surface area contributed by atoms with Crippen LogP contribution in [-0.4, -0.2) is 64.3 Å². The number of aryl methyl sites for hydroxylation is 1. The number of urea groups is 1. The topological polar surface area (TPSA) is 79.7 Å². The van der Waals surface area contributed by atoms with Gasteiger partial charge in [-0.3, -0.25) is 9.48 Å². The molecule has 3 heterocycles. The number of benzene rings is 1. The van der Waals surface area contributed by atoms with Crippen molar-refractivity contribution >= 4 is 17.6 Å². The maximum atomic E-state index is 13.0. The van der Waals surface area contributed by atoms with Crippen LogP contribution in [0.25, 0.3) is 0 Å². The quantitative estimate of drug-likeness (QED) is 0.860. The van der Waals surface area contributed by atoms with Gasteiger partial charge in [0.25, 0.3) is 5.91 Å². The Morgan fingerprint density at radius 1 is 1.07 bits per heavy atom. The van der Waals surface area contributed by atoms with E-state index in [1.54, 1.807) is 11.1 Å². The summed E-state index contributed by atoms with van der Waals surface area (Å²) in [7, 11) is 0. The number of amides is 3. The number of para-hydroxylation sites is 2. The zero-order chi connectivity index (χ0) is 20.2. The van der Waals surface area contributed by atoms with Crippen molar-refractivity contribution in [2.45, 2.75) is 32.7 Å². The van der Waals surface area contributed by atoms with Crippen LogP contribution in [0.2, 0.25) is 0 Å². The van der Waals surface area contributed by atoms with Crippen molar-refractivity contribution in [2.75, 3.05) is 38.1 Å². The number of hydrogen-bond acceptors (Lipinski definition) is 4. The minimum atomic E-state index is -0.174. The first kappa shape index (κ1) is 19.3. The van der Waals surface area contributed by atoms with Gasteiger partial charge >= 0.3 is 6.03 Å². The number of fused-ring (bicyclic) bond motifs is 1. The largest absolute Gasteiger partial charge is 0.492 e. The summed E-state index contributed by atoms with van der Waals surface area (Å²) in [6, 6.07) is 7.22. The number of nitrogens with one attached hydrogen (secondary N) is 1. The van der Waals surface area contributed by atoms with Gasteiger partial charge in [-0.2, -0.15) is 5.10 Å². The van der Waals surface area contributed by atoms with E-state index in [4.69, 9.17) is 4.74 Å². The molecule has 154 valence electrons. The highest BCUT2D eigenvalue weighted by molar-refractivity contribution is 5.95. The lowest BCUT2D eigenvalue weighted by molar-refractivity contribution is 0.0670. The Balaban J connectivity index is 1.35. The van der Waals surface area contributed by atoms with Gasteiger partial charge in [0.1, 0.15) is 5.75 Å². The third-order valence-electron chi connectivity index (χ3n) is 5.50. The van der Waals surface area contributed by atoms with Crippen LogP contribution in [0.3, 0.4) is 0 Å². The van der Waals surface area contributed by atoms with Gasteiger partial charge in [-0.15, -0.1) is 0 Å². The molecule has 3 amide bonds. The van der Waals surface area contributed by atoms with E-state index >= 15 is 0 Å². The highest BCUT2D eigenvalue weighted by Crippen LogP contribution is 2.24. The van der Waals surface area contributed by atoms with Gasteiger partial charge in [0, 0.05) is 32.7 Å². The zero-order valence-electron chi connectivity index (χ0n) is 16.8. The lowest BCUT2D eigenvalue weighted by atomic mass is 10.1. The second-order valence-corrected chi connectivity index (χ2v) is 7.32. The first-order valence-electron chi connectivity index (χ1n) is 10.3. The minimum absolute atomic E-state index is 0.0231. The first-order chi connectivity index (χ1) is 14.2. The number of nitrogens with zero attached hydrogens (tertiary/aromatic N) is 4. The van der Waals surface area contributed by atoms with Gasteiger partial charge in [-0.25, -0.2) is 4.79 Å². The van der Waals surface area contributed by atoms with Gasteiger partial charge < -0.3 is 19.9 Å². The molecule has 0 saturated carbocycles. The molecule has 8 heteroatoms. The van der Waals surface area contributed by atoms with Gasteiger partial charge in [-0.05, 0) is 38.3 Å². The molecule has 2 aromatic rings. The molecule has 0 radical (unpaired) electrons. The number of anilines is 1. The molecular formula is C21H27N5O3. The monoisotopic (exact) mass is 397 g/mol. The second kappa shape index (κ2) is 8.55. The van der Waals surface area contributed by atoms with Crippen molar-refractivity contribution in [3.05, 3.63) is 41.7 Å². The van der Waals surface area contributed by atoms with Crippen molar-refractivity contribution < 1.29 is 14.3 Å². The third-order valence-corrected chi connectivity index (χ3v) is 5.50. The Hall–Kier alpha value is -3.03. The van der Waals surface area contributed by atoms with Crippen LogP contribution in [0.15, 0.2) is 30.5 Å². The maximum absolute atomic E-state index is 13.0. The Kier molecular flexibility index (Phi) is 5.69. The molecule has 0 aliphatic carbocycles. The summed E-state index contributed by atoms with van der Waals surface area (Å²) in [6.45, 7) is 5.36. The highest BCUT2D eigenvalue weighted by atomic mass is 16.5. The summed E-state index contributed by atoms with van der Waals surface area (Å²) >= 11 is 0. The fourth-order valence-electron chi connectivity index (χ4n) is 3.93. The minimum Gasteiger partial charge on any atom is -0.492 e. The number of carbonyl (C=O) groups is 2. The van der Waals surface area contributed by atoms with Crippen molar-refractivity contribution in [2.24, 2.45) is 0 Å². The lowest BCUT2D eigenvalue weighted by Gasteiger charge is -2.35. The fraction of sp³-hybridized carbons (Fsp3) is 0.476. The molecule has 1 N–H and O–H groups in total. The number of rotatable bonds is 4. The Morgan fingerprint density at radius 3 is 2.62 bits per heavy atom. The van der Waals surface area contributed by atoms with Crippen LogP contribution in [0.4, 0.5) is 10.5 Å². The SMILES string of the molecule is CCOc1ccccc1NC(=O)N1CCN(C(=O)c2cnn3c2CCCC3)CC1. The summed E-state index contributed by atoms with van der Waals surface area (Å²) < 4.78 is 7.52. The number of piperazine rings is 1. The van der Waals surface area contributed by atoms with Crippen molar-refractivity contribution in [3.8, 4) is 5.75 Å². The fourth-order valence-corrected chi connectivity index (χ4v) is 3.93. The molecule has 0 spiro atoms. The standard InChI is InChI=1S/C21H27N5O3/c1-2-29-19-9-4-3-7-17(19)23-21(28)25-13-11-24(12-14-25)20(27)16-15-22-26-10-6-5-8-18(16)26/h3-4,7,9,15H,2,5-6,8,10-14H2,1H3,(H,23,28). The number of carbonyl (C=O) groups excluding carboxylic acids is 2. The molecule has 1 aromatic carbocycles. The lowest BCUT2D eigenvalue weighted by Crippen LogP contribution is -2.51. The van der Waals surface area contributed by atoms with Crippen LogP contribution in [0.1, 0.15) is 35.8 Å². The van der Waals surface area contributed by atoms with Crippen molar-refractivity contribution in [1.29, 1.82) is 0 Å². The Bertz CT molecular complexity index is 886. The molecule has 1 aromatic heterocycles. The molecule has 0 bridgehead atoms. The summed E-state index contributed by atoms with van der Waals surface area (Å²) in [5.74, 6) is 0.679. The van der Waals surface area contributed by atoms with Gasteiger partial charge in [0.15, 0.2) is 0 Å². The van der Waals surface area contributed by atoms with Crippen LogP contribution >= 0.6 is 0 Å². The van der Waals surface area contributed by atoms with Crippen LogP contribution in [0.5, 0.6) is 5.75 Å². The molecule has 8 nitrogen and oxygen atoms in total. The molecule has 2 aliphatic heterocycles. The third kappa shape index (κ3) is 4.06. The predicted octanol–water partition coefficient (Wildman–Crippen LogP) is 2.61. The molecule has 29 heavy (non-hydrogen) atoms. The first-order valence-corrected chi connectivity index (χ1v) is 10.3. The van der Waals surface area contributed by atoms with E-state index < -0.39 is 0 Å². The number of ether oxygens (including phenoxy) is 1. The molecule has 1 fully saturated rings. The Labute approximate surface area is 170 Å². The van der Waals surface area contributed by atoms with Gasteiger partial charge in [-0.1, -0.05) is 12.1 Å². The van der Waals surface area contributed by atoms with E-state index in [0.717, 1.165) is 31.5 Å². The normalized spacial score (nSPS) is 16.3. The van der Waals surface area contributed by atoms with E-state index in [1.165, 1.54) is 0 Å². The average Bonchev–Trinajstić information content (AvgIpc) is 3.19. The molecule has 1 saturated heterocycles. The van der Waals surface area contributed by atoms with E-state index in [2.05, 4.69) is 10.4 Å². The molecule has 0 unspecified atom stereocenters.